The summed E-state index contributed by atoms with van der Waals surface area (Å²) < 4.78 is 4.76. The average molecular weight is 224 g/mol. The van der Waals surface area contributed by atoms with Crippen LogP contribution in [-0.4, -0.2) is 44.8 Å². The predicted molar refractivity (Wildman–Crippen MR) is 54.4 cm³/mol. The van der Waals surface area contributed by atoms with Crippen molar-refractivity contribution in [3.05, 3.63) is 0 Å². The van der Waals surface area contributed by atoms with E-state index in [1.165, 1.54) is 0 Å². The van der Waals surface area contributed by atoms with Crippen molar-refractivity contribution >= 4 is 8.17 Å². The summed E-state index contributed by atoms with van der Waals surface area (Å²) in [4.78, 5) is 28.5. The number of piperidine rings is 1. The van der Waals surface area contributed by atoms with Gasteiger partial charge in [-0.15, -0.1) is 0 Å². The monoisotopic (exact) mass is 224 g/mol. The van der Waals surface area contributed by atoms with Crippen LogP contribution in [-0.2, 0) is 4.52 Å². The van der Waals surface area contributed by atoms with Crippen molar-refractivity contribution in [3.8, 4) is 0 Å². The minimum Gasteiger partial charge on any atom is -0.301 e. The van der Waals surface area contributed by atoms with Gasteiger partial charge in [0.25, 0.3) is 0 Å². The van der Waals surface area contributed by atoms with Crippen molar-refractivity contribution in [2.45, 2.75) is 38.8 Å². The van der Waals surface area contributed by atoms with E-state index in [1.807, 2.05) is 0 Å². The molecule has 0 aromatic heterocycles. The second kappa shape index (κ2) is 4.84. The van der Waals surface area contributed by atoms with E-state index in [2.05, 4.69) is 18.7 Å². The van der Waals surface area contributed by atoms with Gasteiger partial charge in [-0.3, -0.25) is 0 Å². The maximum atomic E-state index is 8.73. The minimum atomic E-state index is -4.05. The SMILES string of the molecule is CC(C)N1CCC(O[P+](O)(O)O)CC1. The third kappa shape index (κ3) is 4.17. The zero-order valence-corrected chi connectivity index (χ0v) is 9.52. The van der Waals surface area contributed by atoms with Gasteiger partial charge in [-0.05, 0) is 26.7 Å². The minimum absolute atomic E-state index is 0.224. The molecule has 84 valence electrons. The Kier molecular flexibility index (Phi) is 4.25. The fraction of sp³-hybridized carbons (Fsp3) is 1.00. The van der Waals surface area contributed by atoms with Gasteiger partial charge >= 0.3 is 8.17 Å². The molecule has 14 heavy (non-hydrogen) atoms. The predicted octanol–water partition coefficient (Wildman–Crippen LogP) is 0.530. The molecule has 0 saturated carbocycles. The first-order valence-corrected chi connectivity index (χ1v) is 6.45. The summed E-state index contributed by atoms with van der Waals surface area (Å²) in [6.45, 7) is 6.01. The van der Waals surface area contributed by atoms with Gasteiger partial charge in [-0.2, -0.15) is 19.2 Å². The summed E-state index contributed by atoms with van der Waals surface area (Å²) in [5.74, 6) is 0. The average Bonchev–Trinajstić information content (AvgIpc) is 2.02. The van der Waals surface area contributed by atoms with Crippen LogP contribution in [0.3, 0.4) is 0 Å². The fourth-order valence-electron chi connectivity index (χ4n) is 1.70. The number of nitrogens with zero attached hydrogens (tertiary/aromatic N) is 1. The number of rotatable bonds is 3. The summed E-state index contributed by atoms with van der Waals surface area (Å²) >= 11 is 0. The molecule has 0 atom stereocenters. The molecule has 1 saturated heterocycles. The highest BCUT2D eigenvalue weighted by Crippen LogP contribution is 2.48. The van der Waals surface area contributed by atoms with E-state index < -0.39 is 8.17 Å². The molecule has 3 N–H and O–H groups in total. The molecule has 0 spiro atoms. The fourth-order valence-corrected chi connectivity index (χ4v) is 2.31. The van der Waals surface area contributed by atoms with Crippen LogP contribution in [0.4, 0.5) is 0 Å². The van der Waals surface area contributed by atoms with Gasteiger partial charge in [0, 0.05) is 19.1 Å². The van der Waals surface area contributed by atoms with Crippen molar-refractivity contribution in [3.63, 3.8) is 0 Å². The largest absolute Gasteiger partial charge is 0.567 e. The van der Waals surface area contributed by atoms with Crippen LogP contribution >= 0.6 is 8.17 Å². The lowest BCUT2D eigenvalue weighted by Gasteiger charge is -2.33. The molecule has 0 aromatic rings. The Hall–Kier alpha value is 0.230. The molecule has 5 nitrogen and oxygen atoms in total. The molecule has 0 bridgehead atoms. The topological polar surface area (TPSA) is 73.2 Å². The van der Waals surface area contributed by atoms with Crippen LogP contribution in [0.15, 0.2) is 0 Å². The second-order valence-electron chi connectivity index (χ2n) is 3.95. The molecule has 0 aromatic carbocycles. The first-order chi connectivity index (χ1) is 6.38. The van der Waals surface area contributed by atoms with Crippen LogP contribution in [0.1, 0.15) is 26.7 Å². The molecule has 0 amide bonds. The van der Waals surface area contributed by atoms with Gasteiger partial charge in [0.2, 0.25) is 0 Å². The standard InChI is InChI=1S/C8H19NO4P/c1-7(2)9-5-3-8(4-6-9)13-14(10,11)12/h7-8,10-12H,3-6H2,1-2H3/q+1. The van der Waals surface area contributed by atoms with Crippen LogP contribution in [0, 0.1) is 0 Å². The molecule has 1 rings (SSSR count). The van der Waals surface area contributed by atoms with E-state index in [1.54, 1.807) is 0 Å². The van der Waals surface area contributed by atoms with Gasteiger partial charge in [0.15, 0.2) is 0 Å². The molecule has 0 radical (unpaired) electrons. The molecule has 1 heterocycles. The molecule has 1 aliphatic rings. The summed E-state index contributed by atoms with van der Waals surface area (Å²) in [6, 6.07) is 0.507. The Morgan fingerprint density at radius 3 is 2.07 bits per heavy atom. The maximum Gasteiger partial charge on any atom is 0.567 e. The smallest absolute Gasteiger partial charge is 0.301 e. The van der Waals surface area contributed by atoms with Gasteiger partial charge in [0.1, 0.15) is 6.10 Å². The highest BCUT2D eigenvalue weighted by atomic mass is 31.2. The Bertz CT molecular complexity index is 175. The van der Waals surface area contributed by atoms with Crippen LogP contribution < -0.4 is 0 Å². The van der Waals surface area contributed by atoms with Gasteiger partial charge in [-0.25, -0.2) is 0 Å². The van der Waals surface area contributed by atoms with E-state index >= 15 is 0 Å². The van der Waals surface area contributed by atoms with Gasteiger partial charge in [0.05, 0.1) is 0 Å². The first-order valence-electron chi connectivity index (χ1n) is 4.88. The third-order valence-electron chi connectivity index (χ3n) is 2.50. The molecular weight excluding hydrogens is 205 g/mol. The molecule has 0 unspecified atom stereocenters. The Morgan fingerprint density at radius 2 is 1.71 bits per heavy atom. The third-order valence-corrected chi connectivity index (χ3v) is 3.08. The summed E-state index contributed by atoms with van der Waals surface area (Å²) in [5, 5.41) is 0. The van der Waals surface area contributed by atoms with Crippen molar-refractivity contribution in [2.24, 2.45) is 0 Å². The first kappa shape index (κ1) is 12.3. The zero-order valence-electron chi connectivity index (χ0n) is 8.63. The lowest BCUT2D eigenvalue weighted by Crippen LogP contribution is -2.40. The number of likely N-dealkylation sites (tertiary alicyclic amines) is 1. The lowest BCUT2D eigenvalue weighted by atomic mass is 10.1. The van der Waals surface area contributed by atoms with Crippen LogP contribution in [0.2, 0.25) is 0 Å². The normalized spacial score (nSPS) is 21.9. The van der Waals surface area contributed by atoms with E-state index in [4.69, 9.17) is 19.2 Å². The molecule has 6 heteroatoms. The highest BCUT2D eigenvalue weighted by Gasteiger charge is 2.38. The van der Waals surface area contributed by atoms with Gasteiger partial charge < -0.3 is 4.90 Å². The zero-order chi connectivity index (χ0) is 10.8. The van der Waals surface area contributed by atoms with E-state index in [-0.39, 0.29) is 6.10 Å². The van der Waals surface area contributed by atoms with Crippen LogP contribution in [0.25, 0.3) is 0 Å². The van der Waals surface area contributed by atoms with E-state index in [0.29, 0.717) is 6.04 Å². The maximum absolute atomic E-state index is 8.73. The second-order valence-corrected chi connectivity index (χ2v) is 5.19. The quantitative estimate of drug-likeness (QED) is 0.610. The number of hydrogen-bond acceptors (Lipinski definition) is 5. The van der Waals surface area contributed by atoms with Crippen molar-refractivity contribution in [1.82, 2.24) is 4.90 Å². The van der Waals surface area contributed by atoms with E-state index in [0.717, 1.165) is 25.9 Å². The summed E-state index contributed by atoms with van der Waals surface area (Å²) in [7, 11) is -4.05. The Labute approximate surface area is 85.0 Å². The lowest BCUT2D eigenvalue weighted by molar-refractivity contribution is 0.0467. The molecule has 0 aliphatic carbocycles. The Morgan fingerprint density at radius 1 is 1.21 bits per heavy atom. The number of hydrogen-bond donors (Lipinski definition) is 3. The molecule has 1 fully saturated rings. The Balaban J connectivity index is 2.29. The molecular formula is C8H19NO4P+. The van der Waals surface area contributed by atoms with Crippen molar-refractivity contribution < 1.29 is 19.2 Å². The highest BCUT2D eigenvalue weighted by molar-refractivity contribution is 7.53. The van der Waals surface area contributed by atoms with Gasteiger partial charge in [-0.1, -0.05) is 0 Å². The van der Waals surface area contributed by atoms with Crippen LogP contribution in [0.5, 0.6) is 0 Å². The summed E-state index contributed by atoms with van der Waals surface area (Å²) in [5.41, 5.74) is 0. The molecule has 1 aliphatic heterocycles. The van der Waals surface area contributed by atoms with Crippen molar-refractivity contribution in [1.29, 1.82) is 0 Å². The van der Waals surface area contributed by atoms with E-state index in [9.17, 15) is 0 Å². The summed E-state index contributed by atoms with van der Waals surface area (Å²) in [6.07, 6.45) is 1.25. The van der Waals surface area contributed by atoms with Crippen molar-refractivity contribution in [2.75, 3.05) is 13.1 Å².